The zero-order valence-corrected chi connectivity index (χ0v) is 12.1. The Morgan fingerprint density at radius 2 is 2.05 bits per heavy atom. The van der Waals surface area contributed by atoms with Gasteiger partial charge in [-0.15, -0.1) is 0 Å². The molecular weight excluding hydrogens is 281 g/mol. The first kappa shape index (κ1) is 14.5. The predicted molar refractivity (Wildman–Crippen MR) is 74.3 cm³/mol. The van der Waals surface area contributed by atoms with Gasteiger partial charge in [0.15, 0.2) is 9.84 Å². The first-order valence-electron chi connectivity index (χ1n) is 6.11. The molecule has 0 aliphatic carbocycles. The highest BCUT2D eigenvalue weighted by Gasteiger charge is 2.21. The van der Waals surface area contributed by atoms with Crippen LogP contribution in [-0.4, -0.2) is 18.2 Å². The van der Waals surface area contributed by atoms with Crippen LogP contribution in [0.5, 0.6) is 0 Å². The van der Waals surface area contributed by atoms with Gasteiger partial charge in [-0.1, -0.05) is 0 Å². The summed E-state index contributed by atoms with van der Waals surface area (Å²) < 4.78 is 39.7. The van der Waals surface area contributed by atoms with Gasteiger partial charge in [0.25, 0.3) is 0 Å². The van der Waals surface area contributed by atoms with Crippen LogP contribution < -0.4 is 5.73 Å². The molecule has 0 radical (unpaired) electrons. The second-order valence-electron chi connectivity index (χ2n) is 4.83. The molecule has 1 heterocycles. The minimum atomic E-state index is -3.78. The van der Waals surface area contributed by atoms with E-state index in [2.05, 4.69) is 5.10 Å². The van der Waals surface area contributed by atoms with Crippen molar-refractivity contribution in [2.75, 3.05) is 5.73 Å². The van der Waals surface area contributed by atoms with Crippen molar-refractivity contribution < 1.29 is 12.8 Å². The highest BCUT2D eigenvalue weighted by atomic mass is 32.2. The van der Waals surface area contributed by atoms with Crippen LogP contribution in [0.3, 0.4) is 0 Å². The summed E-state index contributed by atoms with van der Waals surface area (Å²) in [6, 6.07) is 5.30. The quantitative estimate of drug-likeness (QED) is 0.877. The fraction of sp³-hybridized carbons (Fsp3) is 0.308. The van der Waals surface area contributed by atoms with Crippen LogP contribution in [-0.2, 0) is 15.6 Å². The van der Waals surface area contributed by atoms with Crippen LogP contribution in [0.1, 0.15) is 25.6 Å². The van der Waals surface area contributed by atoms with E-state index in [1.807, 2.05) is 13.8 Å². The molecule has 0 saturated heterocycles. The SMILES string of the molecule is CC(C)n1ccc(CS(=O)(=O)c2ccc(N)cc2F)n1. The molecule has 1 aromatic heterocycles. The normalized spacial score (nSPS) is 12.0. The Bertz CT molecular complexity index is 723. The van der Waals surface area contributed by atoms with Gasteiger partial charge in [0, 0.05) is 17.9 Å². The molecule has 0 saturated carbocycles. The zero-order chi connectivity index (χ0) is 14.9. The van der Waals surface area contributed by atoms with Gasteiger partial charge in [-0.3, -0.25) is 4.68 Å². The lowest BCUT2D eigenvalue weighted by atomic mass is 10.3. The molecule has 0 bridgehead atoms. The maximum absolute atomic E-state index is 13.7. The maximum Gasteiger partial charge on any atom is 0.187 e. The molecule has 0 spiro atoms. The summed E-state index contributed by atoms with van der Waals surface area (Å²) in [5.74, 6) is -1.18. The summed E-state index contributed by atoms with van der Waals surface area (Å²) in [5.41, 5.74) is 5.98. The molecule has 0 aliphatic heterocycles. The summed E-state index contributed by atoms with van der Waals surface area (Å²) in [6.45, 7) is 3.87. The van der Waals surface area contributed by atoms with Gasteiger partial charge in [0.1, 0.15) is 10.7 Å². The average molecular weight is 297 g/mol. The molecule has 2 N–H and O–H groups in total. The lowest BCUT2D eigenvalue weighted by Crippen LogP contribution is -2.09. The van der Waals surface area contributed by atoms with Crippen molar-refractivity contribution in [2.45, 2.75) is 30.5 Å². The largest absolute Gasteiger partial charge is 0.399 e. The monoisotopic (exact) mass is 297 g/mol. The predicted octanol–water partition coefficient (Wildman–Crippen LogP) is 2.16. The highest BCUT2D eigenvalue weighted by Crippen LogP contribution is 2.21. The number of nitrogens with zero attached hydrogens (tertiary/aromatic N) is 2. The molecule has 0 atom stereocenters. The van der Waals surface area contributed by atoms with E-state index in [4.69, 9.17) is 5.73 Å². The minimum absolute atomic E-state index is 0.139. The van der Waals surface area contributed by atoms with E-state index in [-0.39, 0.29) is 22.4 Å². The van der Waals surface area contributed by atoms with Crippen LogP contribution in [0.2, 0.25) is 0 Å². The summed E-state index contributed by atoms with van der Waals surface area (Å²) >= 11 is 0. The molecule has 7 heteroatoms. The molecule has 108 valence electrons. The number of benzene rings is 1. The summed E-state index contributed by atoms with van der Waals surface area (Å²) in [6.07, 6.45) is 1.70. The first-order chi connectivity index (χ1) is 9.29. The average Bonchev–Trinajstić information content (AvgIpc) is 2.76. The summed E-state index contributed by atoms with van der Waals surface area (Å²) in [4.78, 5) is -0.356. The van der Waals surface area contributed by atoms with Gasteiger partial charge >= 0.3 is 0 Å². The topological polar surface area (TPSA) is 78.0 Å². The van der Waals surface area contributed by atoms with E-state index in [1.54, 1.807) is 16.9 Å². The fourth-order valence-electron chi connectivity index (χ4n) is 1.78. The number of rotatable bonds is 4. The summed E-state index contributed by atoms with van der Waals surface area (Å²) in [5, 5.41) is 4.16. The van der Waals surface area contributed by atoms with Gasteiger partial charge in [0.2, 0.25) is 0 Å². The van der Waals surface area contributed by atoms with Gasteiger partial charge < -0.3 is 5.73 Å². The number of halogens is 1. The van der Waals surface area contributed by atoms with Crippen LogP contribution in [0.25, 0.3) is 0 Å². The smallest absolute Gasteiger partial charge is 0.187 e. The van der Waals surface area contributed by atoms with Crippen molar-refractivity contribution in [1.29, 1.82) is 0 Å². The molecule has 0 unspecified atom stereocenters. The number of anilines is 1. The molecule has 0 fully saturated rings. The van der Waals surface area contributed by atoms with Crippen LogP contribution in [0.4, 0.5) is 10.1 Å². The number of nitrogen functional groups attached to an aromatic ring is 1. The molecular formula is C13H16FN3O2S. The standard InChI is InChI=1S/C13H16FN3O2S/c1-9(2)17-6-5-11(16-17)8-20(18,19)13-4-3-10(15)7-12(13)14/h3-7,9H,8,15H2,1-2H3. The van der Waals surface area contributed by atoms with Crippen molar-refractivity contribution in [1.82, 2.24) is 9.78 Å². The Hall–Kier alpha value is -1.89. The lowest BCUT2D eigenvalue weighted by Gasteiger charge is -2.06. The lowest BCUT2D eigenvalue weighted by molar-refractivity contribution is 0.527. The highest BCUT2D eigenvalue weighted by molar-refractivity contribution is 7.90. The molecule has 20 heavy (non-hydrogen) atoms. The van der Waals surface area contributed by atoms with Gasteiger partial charge in [-0.25, -0.2) is 12.8 Å². The van der Waals surface area contributed by atoms with Gasteiger partial charge in [-0.2, -0.15) is 5.10 Å². The van der Waals surface area contributed by atoms with Crippen molar-refractivity contribution in [3.63, 3.8) is 0 Å². The fourth-order valence-corrected chi connectivity index (χ4v) is 3.11. The second kappa shape index (κ2) is 5.24. The molecule has 0 amide bonds. The number of aromatic nitrogens is 2. The number of nitrogens with two attached hydrogens (primary N) is 1. The van der Waals surface area contributed by atoms with Crippen molar-refractivity contribution in [3.05, 3.63) is 42.0 Å². The third-order valence-corrected chi connectivity index (χ3v) is 4.50. The summed E-state index contributed by atoms with van der Waals surface area (Å²) in [7, 11) is -3.78. The van der Waals surface area contributed by atoms with E-state index >= 15 is 0 Å². The minimum Gasteiger partial charge on any atom is -0.399 e. The Kier molecular flexibility index (Phi) is 3.80. The Morgan fingerprint density at radius 1 is 1.35 bits per heavy atom. The van der Waals surface area contributed by atoms with Crippen LogP contribution in [0, 0.1) is 5.82 Å². The Balaban J connectivity index is 2.30. The molecule has 0 aliphatic rings. The van der Waals surface area contributed by atoms with Crippen LogP contribution >= 0.6 is 0 Å². The molecule has 1 aromatic carbocycles. The third kappa shape index (κ3) is 2.98. The van der Waals surface area contributed by atoms with E-state index < -0.39 is 15.7 Å². The number of sulfone groups is 1. The van der Waals surface area contributed by atoms with Gasteiger partial charge in [-0.05, 0) is 38.1 Å². The maximum atomic E-state index is 13.7. The molecule has 2 aromatic rings. The number of hydrogen-bond donors (Lipinski definition) is 1. The third-order valence-electron chi connectivity index (χ3n) is 2.82. The van der Waals surface area contributed by atoms with E-state index in [0.29, 0.717) is 5.69 Å². The van der Waals surface area contributed by atoms with E-state index in [9.17, 15) is 12.8 Å². The van der Waals surface area contributed by atoms with Crippen molar-refractivity contribution in [2.24, 2.45) is 0 Å². The Morgan fingerprint density at radius 3 is 2.60 bits per heavy atom. The van der Waals surface area contributed by atoms with Crippen LogP contribution in [0.15, 0.2) is 35.4 Å². The number of hydrogen-bond acceptors (Lipinski definition) is 4. The zero-order valence-electron chi connectivity index (χ0n) is 11.2. The molecule has 5 nitrogen and oxygen atoms in total. The first-order valence-corrected chi connectivity index (χ1v) is 7.76. The van der Waals surface area contributed by atoms with E-state index in [0.717, 1.165) is 6.07 Å². The molecule has 2 rings (SSSR count). The Labute approximate surface area is 117 Å². The second-order valence-corrected chi connectivity index (χ2v) is 6.79. The van der Waals surface area contributed by atoms with E-state index in [1.165, 1.54) is 12.1 Å². The van der Waals surface area contributed by atoms with Crippen molar-refractivity contribution in [3.8, 4) is 0 Å². The van der Waals surface area contributed by atoms with Crippen molar-refractivity contribution >= 4 is 15.5 Å². The van der Waals surface area contributed by atoms with Gasteiger partial charge in [0.05, 0.1) is 11.4 Å².